The molecule has 1 aromatic rings. The van der Waals surface area contributed by atoms with Gasteiger partial charge in [0, 0.05) is 6.04 Å². The highest BCUT2D eigenvalue weighted by atomic mass is 35.5. The minimum Gasteiger partial charge on any atom is -0.326 e. The normalized spacial score (nSPS) is 14.6. The molecule has 0 bridgehead atoms. The van der Waals surface area contributed by atoms with E-state index in [0.717, 1.165) is 0 Å². The summed E-state index contributed by atoms with van der Waals surface area (Å²) >= 11 is 11.6. The molecule has 0 spiro atoms. The SMILES string of the molecule is CC(C)(C)C(N)CS(=O)(=O)c1ccc(Cl)c(Cl)c1. The first kappa shape index (κ1) is 15.8. The average Bonchev–Trinajstić information content (AvgIpc) is 2.19. The fraction of sp³-hybridized carbons (Fsp3) is 0.500. The summed E-state index contributed by atoms with van der Waals surface area (Å²) < 4.78 is 24.3. The first-order chi connectivity index (χ1) is 8.04. The van der Waals surface area contributed by atoms with Gasteiger partial charge in [-0.15, -0.1) is 0 Å². The molecule has 1 rings (SSSR count). The lowest BCUT2D eigenvalue weighted by Crippen LogP contribution is -2.41. The van der Waals surface area contributed by atoms with Crippen LogP contribution >= 0.6 is 23.2 Å². The third-order valence-corrected chi connectivity index (χ3v) is 5.27. The molecule has 1 aromatic carbocycles. The van der Waals surface area contributed by atoms with Crippen LogP contribution in [-0.4, -0.2) is 20.2 Å². The van der Waals surface area contributed by atoms with Crippen LogP contribution in [0.3, 0.4) is 0 Å². The lowest BCUT2D eigenvalue weighted by atomic mass is 9.89. The summed E-state index contributed by atoms with van der Waals surface area (Å²) in [6, 6.07) is 3.82. The van der Waals surface area contributed by atoms with Gasteiger partial charge in [0.15, 0.2) is 9.84 Å². The molecule has 0 aliphatic rings. The Hall–Kier alpha value is -0.290. The second-order valence-corrected chi connectivity index (χ2v) is 8.18. The first-order valence-electron chi connectivity index (χ1n) is 5.47. The predicted octanol–water partition coefficient (Wildman–Crippen LogP) is 3.14. The fourth-order valence-corrected chi connectivity index (χ4v) is 3.35. The molecule has 0 saturated heterocycles. The molecule has 0 radical (unpaired) electrons. The third-order valence-electron chi connectivity index (χ3n) is 2.76. The van der Waals surface area contributed by atoms with Crippen molar-refractivity contribution in [3.63, 3.8) is 0 Å². The van der Waals surface area contributed by atoms with E-state index >= 15 is 0 Å². The highest BCUT2D eigenvalue weighted by molar-refractivity contribution is 7.91. The smallest absolute Gasteiger partial charge is 0.179 e. The Kier molecular flexibility index (Phi) is 4.70. The molecule has 0 aliphatic carbocycles. The van der Waals surface area contributed by atoms with Crippen molar-refractivity contribution in [1.82, 2.24) is 0 Å². The third kappa shape index (κ3) is 3.85. The second-order valence-electron chi connectivity index (χ2n) is 5.33. The maximum Gasteiger partial charge on any atom is 0.179 e. The standard InChI is InChI=1S/C12H17Cl2NO2S/c1-12(2,3)11(15)7-18(16,17)8-4-5-9(13)10(14)6-8/h4-6,11H,7,15H2,1-3H3. The largest absolute Gasteiger partial charge is 0.326 e. The topological polar surface area (TPSA) is 60.2 Å². The van der Waals surface area contributed by atoms with Crippen LogP contribution in [0.1, 0.15) is 20.8 Å². The van der Waals surface area contributed by atoms with Crippen LogP contribution in [0.5, 0.6) is 0 Å². The maximum atomic E-state index is 12.2. The quantitative estimate of drug-likeness (QED) is 0.933. The van der Waals surface area contributed by atoms with Crippen molar-refractivity contribution in [3.05, 3.63) is 28.2 Å². The number of halogens is 2. The molecule has 0 saturated carbocycles. The summed E-state index contributed by atoms with van der Waals surface area (Å²) in [7, 11) is -3.45. The van der Waals surface area contributed by atoms with Crippen LogP contribution in [0.15, 0.2) is 23.1 Å². The number of rotatable bonds is 3. The van der Waals surface area contributed by atoms with E-state index in [1.54, 1.807) is 0 Å². The van der Waals surface area contributed by atoms with E-state index < -0.39 is 15.9 Å². The molecule has 2 N–H and O–H groups in total. The number of benzene rings is 1. The summed E-state index contributed by atoms with van der Waals surface area (Å²) in [5.41, 5.74) is 5.63. The summed E-state index contributed by atoms with van der Waals surface area (Å²) in [4.78, 5) is 0.150. The lowest BCUT2D eigenvalue weighted by Gasteiger charge is -2.26. The Bertz CT molecular complexity index is 535. The van der Waals surface area contributed by atoms with Crippen molar-refractivity contribution >= 4 is 33.0 Å². The molecule has 0 aromatic heterocycles. The van der Waals surface area contributed by atoms with Crippen LogP contribution in [0.2, 0.25) is 10.0 Å². The summed E-state index contributed by atoms with van der Waals surface area (Å²) in [6.45, 7) is 5.71. The molecule has 0 aliphatic heterocycles. The molecular formula is C12H17Cl2NO2S. The van der Waals surface area contributed by atoms with Crippen LogP contribution in [0.25, 0.3) is 0 Å². The molecule has 0 heterocycles. The van der Waals surface area contributed by atoms with Crippen LogP contribution in [0, 0.1) is 5.41 Å². The van der Waals surface area contributed by atoms with Gasteiger partial charge in [-0.1, -0.05) is 44.0 Å². The monoisotopic (exact) mass is 309 g/mol. The van der Waals surface area contributed by atoms with Crippen LogP contribution < -0.4 is 5.73 Å². The molecule has 18 heavy (non-hydrogen) atoms. The van der Waals surface area contributed by atoms with Crippen molar-refractivity contribution in [1.29, 1.82) is 0 Å². The molecule has 1 unspecified atom stereocenters. The van der Waals surface area contributed by atoms with E-state index in [1.807, 2.05) is 20.8 Å². The van der Waals surface area contributed by atoms with E-state index in [1.165, 1.54) is 18.2 Å². The Morgan fingerprint density at radius 1 is 1.22 bits per heavy atom. The van der Waals surface area contributed by atoms with Gasteiger partial charge in [0.2, 0.25) is 0 Å². The molecule has 0 amide bonds. The molecule has 0 fully saturated rings. The van der Waals surface area contributed by atoms with Crippen molar-refractivity contribution in [3.8, 4) is 0 Å². The highest BCUT2D eigenvalue weighted by Crippen LogP contribution is 2.27. The van der Waals surface area contributed by atoms with Crippen LogP contribution in [-0.2, 0) is 9.84 Å². The molecule has 3 nitrogen and oxygen atoms in total. The Morgan fingerprint density at radius 2 is 1.78 bits per heavy atom. The fourth-order valence-electron chi connectivity index (χ4n) is 1.25. The Morgan fingerprint density at radius 3 is 2.22 bits per heavy atom. The van der Waals surface area contributed by atoms with E-state index in [-0.39, 0.29) is 21.1 Å². The summed E-state index contributed by atoms with van der Waals surface area (Å²) in [6.07, 6.45) is 0. The molecule has 6 heteroatoms. The summed E-state index contributed by atoms with van der Waals surface area (Å²) in [5, 5.41) is 0.554. The Balaban J connectivity index is 3.04. The van der Waals surface area contributed by atoms with Gasteiger partial charge in [0.1, 0.15) is 0 Å². The minimum absolute atomic E-state index is 0.117. The van der Waals surface area contributed by atoms with Crippen molar-refractivity contribution < 1.29 is 8.42 Å². The maximum absolute atomic E-state index is 12.2. The van der Waals surface area contributed by atoms with E-state index in [2.05, 4.69) is 0 Å². The molecule has 102 valence electrons. The van der Waals surface area contributed by atoms with Gasteiger partial charge in [0.25, 0.3) is 0 Å². The summed E-state index contributed by atoms with van der Waals surface area (Å²) in [5.74, 6) is -0.117. The zero-order chi connectivity index (χ0) is 14.1. The van der Waals surface area contributed by atoms with E-state index in [0.29, 0.717) is 5.02 Å². The average molecular weight is 310 g/mol. The van der Waals surface area contributed by atoms with Crippen molar-refractivity contribution in [2.24, 2.45) is 11.1 Å². The van der Waals surface area contributed by atoms with E-state index in [9.17, 15) is 8.42 Å². The van der Waals surface area contributed by atoms with Crippen molar-refractivity contribution in [2.45, 2.75) is 31.7 Å². The van der Waals surface area contributed by atoms with Gasteiger partial charge in [0.05, 0.1) is 20.7 Å². The van der Waals surface area contributed by atoms with Crippen LogP contribution in [0.4, 0.5) is 0 Å². The minimum atomic E-state index is -3.45. The number of sulfone groups is 1. The zero-order valence-corrected chi connectivity index (χ0v) is 12.9. The van der Waals surface area contributed by atoms with Gasteiger partial charge in [-0.3, -0.25) is 0 Å². The van der Waals surface area contributed by atoms with Gasteiger partial charge in [-0.25, -0.2) is 8.42 Å². The van der Waals surface area contributed by atoms with E-state index in [4.69, 9.17) is 28.9 Å². The number of hydrogen-bond acceptors (Lipinski definition) is 3. The van der Waals surface area contributed by atoms with Gasteiger partial charge < -0.3 is 5.73 Å². The first-order valence-corrected chi connectivity index (χ1v) is 7.88. The van der Waals surface area contributed by atoms with Gasteiger partial charge in [-0.05, 0) is 23.6 Å². The lowest BCUT2D eigenvalue weighted by molar-refractivity contribution is 0.340. The predicted molar refractivity (Wildman–Crippen MR) is 75.9 cm³/mol. The zero-order valence-electron chi connectivity index (χ0n) is 10.6. The van der Waals surface area contributed by atoms with Gasteiger partial charge in [-0.2, -0.15) is 0 Å². The highest BCUT2D eigenvalue weighted by Gasteiger charge is 2.27. The number of nitrogens with two attached hydrogens (primary N) is 1. The van der Waals surface area contributed by atoms with Crippen molar-refractivity contribution in [2.75, 3.05) is 5.75 Å². The molecular weight excluding hydrogens is 293 g/mol. The number of hydrogen-bond donors (Lipinski definition) is 1. The Labute approximate surface area is 118 Å². The van der Waals surface area contributed by atoms with Gasteiger partial charge >= 0.3 is 0 Å². The molecule has 1 atom stereocenters. The second kappa shape index (κ2) is 5.37.